The maximum absolute atomic E-state index is 10.9. The highest BCUT2D eigenvalue weighted by Crippen LogP contribution is 2.20. The molecule has 0 saturated heterocycles. The Morgan fingerprint density at radius 3 is 2.71 bits per heavy atom. The molecule has 7 heteroatoms. The standard InChI is InChI=1S/C17H15N3O3S/c1-18-20-16(12-3-5-13(6-4-12)17(21)22)23-9-11-2-7-14-15(8-11)24-10-19-14/h2-8,10,18H,9H2,1H3,(H,21,22)/b20-16-. The molecular weight excluding hydrogens is 326 g/mol. The van der Waals surface area contributed by atoms with E-state index in [0.717, 1.165) is 15.8 Å². The zero-order chi connectivity index (χ0) is 16.9. The summed E-state index contributed by atoms with van der Waals surface area (Å²) in [5, 5.41) is 13.1. The van der Waals surface area contributed by atoms with Gasteiger partial charge in [-0.05, 0) is 42.0 Å². The normalized spacial score (nSPS) is 11.5. The summed E-state index contributed by atoms with van der Waals surface area (Å²) in [7, 11) is 1.68. The largest absolute Gasteiger partial charge is 0.478 e. The van der Waals surface area contributed by atoms with Crippen molar-refractivity contribution < 1.29 is 14.6 Å². The molecule has 6 nitrogen and oxygen atoms in total. The van der Waals surface area contributed by atoms with Crippen molar-refractivity contribution in [3.63, 3.8) is 0 Å². The summed E-state index contributed by atoms with van der Waals surface area (Å²) in [4.78, 5) is 15.2. The Labute approximate surface area is 142 Å². The van der Waals surface area contributed by atoms with E-state index in [2.05, 4.69) is 15.5 Å². The molecule has 0 aliphatic carbocycles. The van der Waals surface area contributed by atoms with Crippen LogP contribution in [-0.4, -0.2) is 29.0 Å². The zero-order valence-electron chi connectivity index (χ0n) is 12.9. The van der Waals surface area contributed by atoms with Crippen LogP contribution in [0.5, 0.6) is 0 Å². The lowest BCUT2D eigenvalue weighted by atomic mass is 10.1. The number of nitrogens with one attached hydrogen (secondary N) is 1. The fourth-order valence-corrected chi connectivity index (χ4v) is 2.92. The van der Waals surface area contributed by atoms with Crippen LogP contribution >= 0.6 is 11.3 Å². The molecule has 0 unspecified atom stereocenters. The summed E-state index contributed by atoms with van der Waals surface area (Å²) in [5.41, 5.74) is 7.42. The summed E-state index contributed by atoms with van der Waals surface area (Å²) in [6.45, 7) is 0.356. The first-order valence-electron chi connectivity index (χ1n) is 7.20. The SMILES string of the molecule is CN/N=C(\OCc1ccc2ncsc2c1)c1ccc(C(=O)O)cc1. The smallest absolute Gasteiger partial charge is 0.335 e. The second kappa shape index (κ2) is 7.10. The van der Waals surface area contributed by atoms with Crippen LogP contribution in [0.1, 0.15) is 21.5 Å². The summed E-state index contributed by atoms with van der Waals surface area (Å²) in [6, 6.07) is 12.4. The van der Waals surface area contributed by atoms with E-state index in [-0.39, 0.29) is 5.56 Å². The van der Waals surface area contributed by atoms with Gasteiger partial charge < -0.3 is 15.3 Å². The number of carboxylic acids is 1. The molecular formula is C17H15N3O3S. The number of aromatic nitrogens is 1. The number of hydrogen-bond acceptors (Lipinski definition) is 6. The van der Waals surface area contributed by atoms with E-state index in [1.165, 1.54) is 12.1 Å². The van der Waals surface area contributed by atoms with Gasteiger partial charge in [0.05, 0.1) is 21.3 Å². The van der Waals surface area contributed by atoms with Gasteiger partial charge in [-0.1, -0.05) is 6.07 Å². The van der Waals surface area contributed by atoms with E-state index in [1.807, 2.05) is 23.7 Å². The predicted molar refractivity (Wildman–Crippen MR) is 93.4 cm³/mol. The van der Waals surface area contributed by atoms with E-state index in [4.69, 9.17) is 9.84 Å². The molecule has 0 amide bonds. The number of carbonyl (C=O) groups is 1. The van der Waals surface area contributed by atoms with Crippen molar-refractivity contribution in [2.24, 2.45) is 5.10 Å². The molecule has 0 radical (unpaired) electrons. The number of thiazole rings is 1. The van der Waals surface area contributed by atoms with Gasteiger partial charge in [-0.15, -0.1) is 16.4 Å². The highest BCUT2D eigenvalue weighted by atomic mass is 32.1. The third-order valence-electron chi connectivity index (χ3n) is 3.36. The quantitative estimate of drug-likeness (QED) is 0.423. The maximum Gasteiger partial charge on any atom is 0.335 e. The average molecular weight is 341 g/mol. The number of rotatable bonds is 5. The monoisotopic (exact) mass is 341 g/mol. The third-order valence-corrected chi connectivity index (χ3v) is 4.16. The van der Waals surface area contributed by atoms with Crippen molar-refractivity contribution in [1.82, 2.24) is 10.4 Å². The highest BCUT2D eigenvalue weighted by molar-refractivity contribution is 7.16. The van der Waals surface area contributed by atoms with Crippen molar-refractivity contribution in [3.05, 3.63) is 64.7 Å². The van der Waals surface area contributed by atoms with Crippen LogP contribution in [0, 0.1) is 0 Å². The van der Waals surface area contributed by atoms with Gasteiger partial charge in [-0.2, -0.15) is 0 Å². The fraction of sp³-hybridized carbons (Fsp3) is 0.118. The van der Waals surface area contributed by atoms with Crippen LogP contribution in [0.25, 0.3) is 10.2 Å². The Hall–Kier alpha value is -2.93. The summed E-state index contributed by atoms with van der Waals surface area (Å²) >= 11 is 1.58. The summed E-state index contributed by atoms with van der Waals surface area (Å²) in [6.07, 6.45) is 0. The molecule has 0 aliphatic rings. The van der Waals surface area contributed by atoms with E-state index < -0.39 is 5.97 Å². The molecule has 0 bridgehead atoms. The highest BCUT2D eigenvalue weighted by Gasteiger charge is 2.09. The molecule has 0 saturated carbocycles. The lowest BCUT2D eigenvalue weighted by Gasteiger charge is -2.10. The minimum Gasteiger partial charge on any atom is -0.478 e. The molecule has 3 rings (SSSR count). The lowest BCUT2D eigenvalue weighted by Crippen LogP contribution is -2.12. The Morgan fingerprint density at radius 2 is 2.00 bits per heavy atom. The lowest BCUT2D eigenvalue weighted by molar-refractivity contribution is 0.0697. The number of fused-ring (bicyclic) bond motifs is 1. The maximum atomic E-state index is 10.9. The Bertz CT molecular complexity index is 887. The number of hydrogen-bond donors (Lipinski definition) is 2. The van der Waals surface area contributed by atoms with E-state index in [9.17, 15) is 4.79 Å². The predicted octanol–water partition coefficient (Wildman–Crippen LogP) is 3.09. The van der Waals surface area contributed by atoms with Gasteiger partial charge >= 0.3 is 5.97 Å². The minimum atomic E-state index is -0.965. The molecule has 1 aromatic heterocycles. The second-order valence-electron chi connectivity index (χ2n) is 4.97. The third kappa shape index (κ3) is 3.52. The fourth-order valence-electron chi connectivity index (χ4n) is 2.18. The number of carboxylic acid groups (broad SMARTS) is 1. The first-order valence-corrected chi connectivity index (χ1v) is 8.08. The molecule has 0 fully saturated rings. The van der Waals surface area contributed by atoms with Gasteiger partial charge in [0.15, 0.2) is 0 Å². The average Bonchev–Trinajstić information content (AvgIpc) is 3.06. The van der Waals surface area contributed by atoms with Crippen LogP contribution in [0.3, 0.4) is 0 Å². The van der Waals surface area contributed by atoms with Crippen molar-refractivity contribution in [2.45, 2.75) is 6.61 Å². The molecule has 1 heterocycles. The number of aromatic carboxylic acids is 1. The van der Waals surface area contributed by atoms with Gasteiger partial charge in [0.2, 0.25) is 5.90 Å². The van der Waals surface area contributed by atoms with Crippen molar-refractivity contribution in [2.75, 3.05) is 7.05 Å². The van der Waals surface area contributed by atoms with Gasteiger partial charge in [-0.3, -0.25) is 0 Å². The van der Waals surface area contributed by atoms with Gasteiger partial charge in [0.1, 0.15) is 6.61 Å². The number of hydrazone groups is 1. The number of nitrogens with zero attached hydrogens (tertiary/aromatic N) is 2. The van der Waals surface area contributed by atoms with Crippen molar-refractivity contribution in [1.29, 1.82) is 0 Å². The van der Waals surface area contributed by atoms with E-state index in [1.54, 1.807) is 30.5 Å². The molecule has 24 heavy (non-hydrogen) atoms. The second-order valence-corrected chi connectivity index (χ2v) is 5.85. The molecule has 122 valence electrons. The van der Waals surface area contributed by atoms with Crippen molar-refractivity contribution in [3.8, 4) is 0 Å². The van der Waals surface area contributed by atoms with Crippen LogP contribution in [0.4, 0.5) is 0 Å². The van der Waals surface area contributed by atoms with Crippen LogP contribution < -0.4 is 5.43 Å². The Morgan fingerprint density at radius 1 is 1.25 bits per heavy atom. The molecule has 2 N–H and O–H groups in total. The van der Waals surface area contributed by atoms with Gasteiger partial charge in [0.25, 0.3) is 0 Å². The van der Waals surface area contributed by atoms with Crippen LogP contribution in [-0.2, 0) is 11.3 Å². The minimum absolute atomic E-state index is 0.221. The van der Waals surface area contributed by atoms with Crippen LogP contribution in [0.15, 0.2) is 53.1 Å². The van der Waals surface area contributed by atoms with E-state index >= 15 is 0 Å². The van der Waals surface area contributed by atoms with Crippen molar-refractivity contribution >= 4 is 33.4 Å². The Kier molecular flexibility index (Phi) is 4.72. The molecule has 0 aliphatic heterocycles. The summed E-state index contributed by atoms with van der Waals surface area (Å²) in [5.74, 6) is -0.564. The van der Waals surface area contributed by atoms with Gasteiger partial charge in [-0.25, -0.2) is 9.78 Å². The topological polar surface area (TPSA) is 83.8 Å². The molecule has 2 aromatic carbocycles. The molecule has 0 spiro atoms. The first-order chi connectivity index (χ1) is 11.7. The molecule has 3 aromatic rings. The van der Waals surface area contributed by atoms with Crippen LogP contribution in [0.2, 0.25) is 0 Å². The zero-order valence-corrected chi connectivity index (χ0v) is 13.7. The summed E-state index contributed by atoms with van der Waals surface area (Å²) < 4.78 is 6.91. The van der Waals surface area contributed by atoms with E-state index in [0.29, 0.717) is 18.1 Å². The first kappa shape index (κ1) is 15.9. The number of ether oxygens (including phenoxy) is 1. The molecule has 0 atom stereocenters. The Balaban J connectivity index is 1.76. The van der Waals surface area contributed by atoms with Gasteiger partial charge in [0, 0.05) is 12.6 Å². The number of benzene rings is 2.